The molecule has 2 aliphatic heterocycles. The zero-order valence-corrected chi connectivity index (χ0v) is 22.2. The van der Waals surface area contributed by atoms with Gasteiger partial charge in [-0.1, -0.05) is 23.3 Å². The summed E-state index contributed by atoms with van der Waals surface area (Å²) in [6.07, 6.45) is 4.00. The van der Waals surface area contributed by atoms with Crippen molar-refractivity contribution in [1.29, 1.82) is 0 Å². The van der Waals surface area contributed by atoms with Gasteiger partial charge in [0.2, 0.25) is 0 Å². The molecular formula is C30H38O6. The highest BCUT2D eigenvalue weighted by atomic mass is 16.5. The van der Waals surface area contributed by atoms with Crippen LogP contribution in [0.15, 0.2) is 59.7 Å². The first-order chi connectivity index (χ1) is 17.4. The van der Waals surface area contributed by atoms with Gasteiger partial charge in [-0.25, -0.2) is 0 Å². The van der Waals surface area contributed by atoms with Crippen LogP contribution in [0.4, 0.5) is 0 Å². The molecule has 0 amide bonds. The summed E-state index contributed by atoms with van der Waals surface area (Å²) in [5.74, 6) is 3.41. The zero-order valence-electron chi connectivity index (χ0n) is 22.2. The van der Waals surface area contributed by atoms with Crippen molar-refractivity contribution < 1.29 is 28.4 Å². The number of benzene rings is 2. The molecule has 0 radical (unpaired) electrons. The molecule has 4 atom stereocenters. The third-order valence-electron chi connectivity index (χ3n) is 6.76. The van der Waals surface area contributed by atoms with Gasteiger partial charge >= 0.3 is 0 Å². The maximum atomic E-state index is 6.32. The van der Waals surface area contributed by atoms with E-state index < -0.39 is 0 Å². The van der Waals surface area contributed by atoms with Gasteiger partial charge in [0.15, 0.2) is 23.0 Å². The van der Waals surface area contributed by atoms with Crippen molar-refractivity contribution in [3.8, 4) is 23.0 Å². The third kappa shape index (κ3) is 5.88. The molecule has 2 saturated heterocycles. The Kier molecular flexibility index (Phi) is 8.60. The summed E-state index contributed by atoms with van der Waals surface area (Å²) >= 11 is 0. The minimum Gasteiger partial charge on any atom is -0.493 e. The van der Waals surface area contributed by atoms with E-state index >= 15 is 0 Å². The molecule has 2 aromatic carbocycles. The molecule has 2 fully saturated rings. The van der Waals surface area contributed by atoms with Gasteiger partial charge in [0.1, 0.15) is 13.2 Å². The Bertz CT molecular complexity index is 1010. The van der Waals surface area contributed by atoms with Crippen LogP contribution < -0.4 is 18.9 Å². The van der Waals surface area contributed by atoms with E-state index in [1.165, 1.54) is 11.1 Å². The molecule has 0 spiro atoms. The Morgan fingerprint density at radius 1 is 0.694 bits per heavy atom. The molecule has 0 unspecified atom stereocenters. The van der Waals surface area contributed by atoms with Crippen molar-refractivity contribution >= 4 is 0 Å². The van der Waals surface area contributed by atoms with Crippen molar-refractivity contribution in [3.05, 3.63) is 70.8 Å². The largest absolute Gasteiger partial charge is 0.493 e. The standard InChI is InChI=1S/C30H38O6/c1-19(2)11-13-33-25-9-7-21(15-27(25)31-5)29-23-17-36-30(24(23)18-35-29)22-8-10-26(28(16-22)32-6)34-14-12-20(3)4/h7-12,15-16,23-24,29-30H,13-14,17-18H2,1-6H3/t23-,24+,29-,30-/m1/s1. The molecule has 0 aromatic heterocycles. The SMILES string of the molecule is COc1cc([C@H]2OC[C@H]3[C@H]2CO[C@@H]3c2ccc(OCC=C(C)C)c(OC)c2)ccc1OCC=C(C)C. The normalized spacial score (nSPS) is 22.5. The van der Waals surface area contributed by atoms with Gasteiger partial charge < -0.3 is 28.4 Å². The minimum atomic E-state index is -0.0469. The average Bonchev–Trinajstić information content (AvgIpc) is 3.46. The fourth-order valence-corrected chi connectivity index (χ4v) is 4.79. The van der Waals surface area contributed by atoms with Crippen LogP contribution in [0.1, 0.15) is 51.0 Å². The van der Waals surface area contributed by atoms with E-state index in [-0.39, 0.29) is 24.0 Å². The molecule has 6 nitrogen and oxygen atoms in total. The second-order valence-corrected chi connectivity index (χ2v) is 9.84. The monoisotopic (exact) mass is 494 g/mol. The van der Waals surface area contributed by atoms with Crippen LogP contribution in [0.2, 0.25) is 0 Å². The molecule has 0 saturated carbocycles. The number of allylic oxidation sites excluding steroid dienone is 2. The molecular weight excluding hydrogens is 456 g/mol. The lowest BCUT2D eigenvalue weighted by molar-refractivity contribution is 0.0191. The lowest BCUT2D eigenvalue weighted by atomic mass is 9.85. The first kappa shape index (κ1) is 26.1. The Hall–Kier alpha value is -2.96. The number of rotatable bonds is 10. The van der Waals surface area contributed by atoms with Crippen molar-refractivity contribution in [1.82, 2.24) is 0 Å². The number of hydrogen-bond donors (Lipinski definition) is 0. The van der Waals surface area contributed by atoms with Crippen molar-refractivity contribution in [3.63, 3.8) is 0 Å². The van der Waals surface area contributed by atoms with E-state index in [2.05, 4.69) is 39.8 Å². The fraction of sp³-hybridized carbons (Fsp3) is 0.467. The lowest BCUT2D eigenvalue weighted by Gasteiger charge is -2.19. The van der Waals surface area contributed by atoms with E-state index in [0.29, 0.717) is 37.9 Å². The Morgan fingerprint density at radius 2 is 1.11 bits per heavy atom. The van der Waals surface area contributed by atoms with Crippen LogP contribution >= 0.6 is 0 Å². The highest BCUT2D eigenvalue weighted by molar-refractivity contribution is 5.45. The van der Waals surface area contributed by atoms with E-state index in [4.69, 9.17) is 28.4 Å². The second-order valence-electron chi connectivity index (χ2n) is 9.84. The van der Waals surface area contributed by atoms with Crippen LogP contribution in [0.25, 0.3) is 0 Å². The maximum Gasteiger partial charge on any atom is 0.161 e. The summed E-state index contributed by atoms with van der Waals surface area (Å²) in [4.78, 5) is 0. The van der Waals surface area contributed by atoms with E-state index in [0.717, 1.165) is 22.6 Å². The average molecular weight is 495 g/mol. The number of hydrogen-bond acceptors (Lipinski definition) is 6. The molecule has 2 heterocycles. The van der Waals surface area contributed by atoms with Crippen molar-refractivity contribution in [2.75, 3.05) is 40.6 Å². The maximum absolute atomic E-state index is 6.32. The number of ether oxygens (including phenoxy) is 6. The smallest absolute Gasteiger partial charge is 0.161 e. The molecule has 0 aliphatic carbocycles. The predicted molar refractivity (Wildman–Crippen MR) is 140 cm³/mol. The summed E-state index contributed by atoms with van der Waals surface area (Å²) in [7, 11) is 3.33. The number of methoxy groups -OCH3 is 2. The van der Waals surface area contributed by atoms with Gasteiger partial charge in [0.25, 0.3) is 0 Å². The zero-order chi connectivity index (χ0) is 25.7. The van der Waals surface area contributed by atoms with Crippen molar-refractivity contribution in [2.45, 2.75) is 39.9 Å². The van der Waals surface area contributed by atoms with Crippen LogP contribution in [-0.2, 0) is 9.47 Å². The highest BCUT2D eigenvalue weighted by Gasteiger charge is 2.48. The molecule has 36 heavy (non-hydrogen) atoms. The second kappa shape index (κ2) is 11.8. The van der Waals surface area contributed by atoms with Crippen LogP contribution in [-0.4, -0.2) is 40.6 Å². The lowest BCUT2D eigenvalue weighted by Crippen LogP contribution is -2.14. The van der Waals surface area contributed by atoms with E-state index in [1.807, 2.05) is 36.4 Å². The third-order valence-corrected chi connectivity index (χ3v) is 6.76. The van der Waals surface area contributed by atoms with Gasteiger partial charge in [-0.05, 0) is 75.2 Å². The van der Waals surface area contributed by atoms with E-state index in [9.17, 15) is 0 Å². The van der Waals surface area contributed by atoms with Crippen molar-refractivity contribution in [2.24, 2.45) is 11.8 Å². The highest BCUT2D eigenvalue weighted by Crippen LogP contribution is 2.51. The predicted octanol–water partition coefficient (Wildman–Crippen LogP) is 6.47. The van der Waals surface area contributed by atoms with Gasteiger partial charge in [0, 0.05) is 11.8 Å². The molecule has 2 aliphatic rings. The Labute approximate surface area is 214 Å². The molecule has 4 rings (SSSR count). The summed E-state index contributed by atoms with van der Waals surface area (Å²) in [5.41, 5.74) is 4.60. The quantitative estimate of drug-likeness (QED) is 0.353. The van der Waals surface area contributed by atoms with Gasteiger partial charge in [0.05, 0.1) is 39.6 Å². The molecule has 0 N–H and O–H groups in total. The van der Waals surface area contributed by atoms with Crippen LogP contribution in [0.5, 0.6) is 23.0 Å². The molecule has 194 valence electrons. The van der Waals surface area contributed by atoms with Crippen LogP contribution in [0, 0.1) is 11.8 Å². The molecule has 2 aromatic rings. The van der Waals surface area contributed by atoms with E-state index in [1.54, 1.807) is 14.2 Å². The van der Waals surface area contributed by atoms with Gasteiger partial charge in [-0.2, -0.15) is 0 Å². The topological polar surface area (TPSA) is 55.4 Å². The summed E-state index contributed by atoms with van der Waals surface area (Å²) in [5, 5.41) is 0. The van der Waals surface area contributed by atoms with Crippen LogP contribution in [0.3, 0.4) is 0 Å². The number of fused-ring (bicyclic) bond motifs is 1. The Morgan fingerprint density at radius 3 is 1.47 bits per heavy atom. The first-order valence-electron chi connectivity index (χ1n) is 12.5. The molecule has 6 heteroatoms. The minimum absolute atomic E-state index is 0.0469. The summed E-state index contributed by atoms with van der Waals surface area (Å²) < 4.78 is 35.7. The van der Waals surface area contributed by atoms with Gasteiger partial charge in [-0.3, -0.25) is 0 Å². The van der Waals surface area contributed by atoms with Gasteiger partial charge in [-0.15, -0.1) is 0 Å². The molecule has 0 bridgehead atoms. The summed E-state index contributed by atoms with van der Waals surface area (Å²) in [6, 6.07) is 12.1. The fourth-order valence-electron chi connectivity index (χ4n) is 4.79. The summed E-state index contributed by atoms with van der Waals surface area (Å²) in [6.45, 7) is 10.5. The Balaban J connectivity index is 1.47. The first-order valence-corrected chi connectivity index (χ1v) is 12.5.